The quantitative estimate of drug-likeness (QED) is 0.333. The molecule has 0 saturated carbocycles. The summed E-state index contributed by atoms with van der Waals surface area (Å²) in [6.07, 6.45) is 1.82. The molecule has 0 fully saturated rings. The highest BCUT2D eigenvalue weighted by Gasteiger charge is 2.21. The Balaban J connectivity index is 1.21. The maximum absolute atomic E-state index is 12.7. The zero-order valence-corrected chi connectivity index (χ0v) is 19.3. The minimum absolute atomic E-state index is 0.142. The topological polar surface area (TPSA) is 101 Å². The van der Waals surface area contributed by atoms with Crippen LogP contribution in [0.4, 0.5) is 0 Å². The van der Waals surface area contributed by atoms with Crippen LogP contribution in [0.2, 0.25) is 0 Å². The van der Waals surface area contributed by atoms with Crippen molar-refractivity contribution in [1.29, 1.82) is 0 Å². The SMILES string of the molecule is O=C(NC(Cc1ccc(OCc2ccc3ccccc3n2)cc1)C(=O)O)c1ccc2ncccc2c1. The third-order valence-electron chi connectivity index (χ3n) is 5.87. The largest absolute Gasteiger partial charge is 0.487 e. The highest BCUT2D eigenvalue weighted by Crippen LogP contribution is 2.18. The minimum atomic E-state index is -1.10. The summed E-state index contributed by atoms with van der Waals surface area (Å²) < 4.78 is 5.85. The Morgan fingerprint density at radius 2 is 1.67 bits per heavy atom. The van der Waals surface area contributed by atoms with E-state index in [1.165, 1.54) is 0 Å². The number of pyridine rings is 2. The fourth-order valence-corrected chi connectivity index (χ4v) is 3.96. The Hall–Kier alpha value is -4.78. The standard InChI is InChI=1S/C29H23N3O4/c33-28(22-10-14-25-21(17-22)5-3-15-30-25)32-27(29(34)35)16-19-7-12-24(13-8-19)36-18-23-11-9-20-4-1-2-6-26(20)31-23/h1-15,17,27H,16,18H2,(H,32,33)(H,34,35). The molecule has 1 atom stereocenters. The number of carbonyl (C=O) groups excluding carboxylic acids is 1. The average Bonchev–Trinajstić information content (AvgIpc) is 2.91. The molecule has 0 bridgehead atoms. The van der Waals surface area contributed by atoms with Gasteiger partial charge in [0.15, 0.2) is 0 Å². The molecule has 2 aromatic heterocycles. The van der Waals surface area contributed by atoms with Crippen LogP contribution in [0.25, 0.3) is 21.8 Å². The number of para-hydroxylation sites is 1. The molecule has 0 aliphatic carbocycles. The highest BCUT2D eigenvalue weighted by molar-refractivity contribution is 5.99. The van der Waals surface area contributed by atoms with Gasteiger partial charge >= 0.3 is 5.97 Å². The van der Waals surface area contributed by atoms with Gasteiger partial charge in [0.25, 0.3) is 5.91 Å². The van der Waals surface area contributed by atoms with Crippen molar-refractivity contribution in [3.05, 3.63) is 114 Å². The molecule has 0 spiro atoms. The summed E-state index contributed by atoms with van der Waals surface area (Å²) in [7, 11) is 0. The number of nitrogens with zero attached hydrogens (tertiary/aromatic N) is 2. The monoisotopic (exact) mass is 477 g/mol. The van der Waals surface area contributed by atoms with Crippen molar-refractivity contribution in [2.24, 2.45) is 0 Å². The number of amides is 1. The van der Waals surface area contributed by atoms with E-state index in [1.807, 2.05) is 42.5 Å². The van der Waals surface area contributed by atoms with Gasteiger partial charge in [-0.05, 0) is 54.1 Å². The van der Waals surface area contributed by atoms with Crippen LogP contribution in [-0.4, -0.2) is 33.0 Å². The van der Waals surface area contributed by atoms with Crippen molar-refractivity contribution in [2.75, 3.05) is 0 Å². The number of hydrogen-bond donors (Lipinski definition) is 2. The molecule has 2 heterocycles. The zero-order chi connectivity index (χ0) is 24.9. The number of aliphatic carboxylic acids is 1. The lowest BCUT2D eigenvalue weighted by Gasteiger charge is -2.15. The number of carboxylic acid groups (broad SMARTS) is 1. The maximum atomic E-state index is 12.7. The van der Waals surface area contributed by atoms with Gasteiger partial charge < -0.3 is 15.2 Å². The second kappa shape index (κ2) is 10.2. The number of fused-ring (bicyclic) bond motifs is 2. The van der Waals surface area contributed by atoms with Gasteiger partial charge in [0, 0.05) is 29.0 Å². The van der Waals surface area contributed by atoms with Crippen LogP contribution in [0, 0.1) is 0 Å². The van der Waals surface area contributed by atoms with Crippen molar-refractivity contribution < 1.29 is 19.4 Å². The van der Waals surface area contributed by atoms with E-state index in [2.05, 4.69) is 15.3 Å². The number of ether oxygens (including phenoxy) is 1. The fraction of sp³-hybridized carbons (Fsp3) is 0.103. The average molecular weight is 478 g/mol. The van der Waals surface area contributed by atoms with Crippen molar-refractivity contribution in [3.63, 3.8) is 0 Å². The predicted octanol–water partition coefficient (Wildman–Crippen LogP) is 4.79. The molecule has 1 unspecified atom stereocenters. The Kier molecular flexibility index (Phi) is 6.53. The third-order valence-corrected chi connectivity index (χ3v) is 5.87. The number of carboxylic acids is 1. The first-order valence-electron chi connectivity index (χ1n) is 11.5. The highest BCUT2D eigenvalue weighted by atomic mass is 16.5. The smallest absolute Gasteiger partial charge is 0.326 e. The summed E-state index contributed by atoms with van der Waals surface area (Å²) in [4.78, 5) is 33.4. The summed E-state index contributed by atoms with van der Waals surface area (Å²) in [5, 5.41) is 14.2. The lowest BCUT2D eigenvalue weighted by Crippen LogP contribution is -2.42. The van der Waals surface area contributed by atoms with Gasteiger partial charge in [0.05, 0.1) is 16.7 Å². The third kappa shape index (κ3) is 5.31. The number of carbonyl (C=O) groups is 2. The first-order valence-corrected chi connectivity index (χ1v) is 11.5. The van der Waals surface area contributed by atoms with Crippen LogP contribution in [0.5, 0.6) is 5.75 Å². The number of benzene rings is 3. The summed E-state index contributed by atoms with van der Waals surface area (Å²) in [5.41, 5.74) is 3.64. The number of aromatic nitrogens is 2. The maximum Gasteiger partial charge on any atom is 0.326 e. The van der Waals surface area contributed by atoms with E-state index in [0.717, 1.165) is 33.1 Å². The predicted molar refractivity (Wildman–Crippen MR) is 137 cm³/mol. The van der Waals surface area contributed by atoms with Gasteiger partial charge in [-0.3, -0.25) is 9.78 Å². The zero-order valence-electron chi connectivity index (χ0n) is 19.3. The Morgan fingerprint density at radius 1 is 0.861 bits per heavy atom. The van der Waals surface area contributed by atoms with Gasteiger partial charge in [-0.1, -0.05) is 42.5 Å². The summed E-state index contributed by atoms with van der Waals surface area (Å²) in [5.74, 6) is -0.904. The van der Waals surface area contributed by atoms with E-state index in [0.29, 0.717) is 17.9 Å². The number of nitrogens with one attached hydrogen (secondary N) is 1. The number of rotatable bonds is 8. The molecule has 0 saturated heterocycles. The van der Waals surface area contributed by atoms with E-state index in [9.17, 15) is 14.7 Å². The second-order valence-electron chi connectivity index (χ2n) is 8.41. The van der Waals surface area contributed by atoms with Gasteiger partial charge in [-0.15, -0.1) is 0 Å². The van der Waals surface area contributed by atoms with Gasteiger partial charge in [-0.2, -0.15) is 0 Å². The summed E-state index contributed by atoms with van der Waals surface area (Å²) in [6, 6.07) is 26.7. The second-order valence-corrected chi connectivity index (χ2v) is 8.41. The number of hydrogen-bond acceptors (Lipinski definition) is 5. The molecule has 2 N–H and O–H groups in total. The van der Waals surface area contributed by atoms with Gasteiger partial charge in [-0.25, -0.2) is 9.78 Å². The molecule has 1 amide bonds. The van der Waals surface area contributed by atoms with Gasteiger partial charge in [0.2, 0.25) is 0 Å². The van der Waals surface area contributed by atoms with Crippen molar-refractivity contribution in [3.8, 4) is 5.75 Å². The lowest BCUT2D eigenvalue weighted by atomic mass is 10.0. The Morgan fingerprint density at radius 3 is 2.50 bits per heavy atom. The molecule has 0 aliphatic rings. The summed E-state index contributed by atoms with van der Waals surface area (Å²) >= 11 is 0. The van der Waals surface area contributed by atoms with Gasteiger partial charge in [0.1, 0.15) is 18.4 Å². The van der Waals surface area contributed by atoms with Crippen LogP contribution in [0.1, 0.15) is 21.6 Å². The normalized spacial score (nSPS) is 11.8. The van der Waals surface area contributed by atoms with Crippen molar-refractivity contribution in [1.82, 2.24) is 15.3 Å². The van der Waals surface area contributed by atoms with Crippen LogP contribution in [0.15, 0.2) is 97.2 Å². The van der Waals surface area contributed by atoms with E-state index in [4.69, 9.17) is 4.74 Å². The van der Waals surface area contributed by atoms with Crippen LogP contribution in [-0.2, 0) is 17.8 Å². The molecule has 0 radical (unpaired) electrons. The van der Waals surface area contributed by atoms with E-state index in [-0.39, 0.29) is 6.42 Å². The lowest BCUT2D eigenvalue weighted by molar-refractivity contribution is -0.139. The minimum Gasteiger partial charge on any atom is -0.487 e. The molecule has 5 aromatic rings. The molecular formula is C29H23N3O4. The van der Waals surface area contributed by atoms with Crippen molar-refractivity contribution >= 4 is 33.7 Å². The van der Waals surface area contributed by atoms with Crippen LogP contribution >= 0.6 is 0 Å². The molecule has 7 heteroatoms. The first-order chi connectivity index (χ1) is 17.5. The fourth-order valence-electron chi connectivity index (χ4n) is 3.96. The molecule has 7 nitrogen and oxygen atoms in total. The van der Waals surface area contributed by atoms with E-state index >= 15 is 0 Å². The molecule has 0 aliphatic heterocycles. The van der Waals surface area contributed by atoms with E-state index < -0.39 is 17.9 Å². The van der Waals surface area contributed by atoms with Crippen LogP contribution in [0.3, 0.4) is 0 Å². The Labute approximate surface area is 207 Å². The van der Waals surface area contributed by atoms with E-state index in [1.54, 1.807) is 54.7 Å². The van der Waals surface area contributed by atoms with Crippen molar-refractivity contribution in [2.45, 2.75) is 19.1 Å². The molecule has 5 rings (SSSR count). The molecule has 3 aromatic carbocycles. The molecule has 178 valence electrons. The molecular weight excluding hydrogens is 454 g/mol. The Bertz CT molecular complexity index is 1550. The summed E-state index contributed by atoms with van der Waals surface area (Å²) in [6.45, 7) is 0.319. The van der Waals surface area contributed by atoms with Crippen LogP contribution < -0.4 is 10.1 Å². The molecule has 36 heavy (non-hydrogen) atoms. The first kappa shape index (κ1) is 23.0.